The van der Waals surface area contributed by atoms with Crippen molar-refractivity contribution in [2.75, 3.05) is 18.5 Å². The number of carbonyl (C=O) groups excluding carboxylic acids is 1. The predicted octanol–water partition coefficient (Wildman–Crippen LogP) is 8.94. The highest BCUT2D eigenvalue weighted by molar-refractivity contribution is 9.10. The Labute approximate surface area is 289 Å². The zero-order valence-corrected chi connectivity index (χ0v) is 28.6. The Balaban J connectivity index is 1.36. The second kappa shape index (κ2) is 13.7. The highest BCUT2D eigenvalue weighted by Gasteiger charge is 2.20. The highest BCUT2D eigenvalue weighted by Crippen LogP contribution is 2.42. The van der Waals surface area contributed by atoms with E-state index in [-0.39, 0.29) is 29.0 Å². The van der Waals surface area contributed by atoms with E-state index in [4.69, 9.17) is 42.1 Å². The van der Waals surface area contributed by atoms with Crippen molar-refractivity contribution >= 4 is 94.7 Å². The average Bonchev–Trinajstić information content (AvgIpc) is 3.47. The lowest BCUT2D eigenvalue weighted by Crippen LogP contribution is -2.21. The Hall–Kier alpha value is -4.16. The normalized spacial score (nSPS) is 11.4. The number of hydrogen-bond acceptors (Lipinski definition) is 7. The molecule has 1 N–H and O–H groups in total. The number of furan rings is 1. The first-order valence-electron chi connectivity index (χ1n) is 13.8. The molecule has 9 nitrogen and oxygen atoms in total. The molecule has 0 aliphatic carbocycles. The van der Waals surface area contributed by atoms with E-state index in [1.807, 2.05) is 18.2 Å². The van der Waals surface area contributed by atoms with Crippen molar-refractivity contribution in [3.63, 3.8) is 0 Å². The van der Waals surface area contributed by atoms with Crippen LogP contribution in [-0.2, 0) is 4.79 Å². The van der Waals surface area contributed by atoms with E-state index in [0.29, 0.717) is 49.6 Å². The lowest BCUT2D eigenvalue weighted by Gasteiger charge is -2.16. The first kappa shape index (κ1) is 31.8. The lowest BCUT2D eigenvalue weighted by atomic mass is 10.2. The van der Waals surface area contributed by atoms with Crippen molar-refractivity contribution < 1.29 is 18.7 Å². The second-order valence-electron chi connectivity index (χ2n) is 9.80. The molecule has 4 aromatic carbocycles. The zero-order valence-electron chi connectivity index (χ0n) is 23.9. The van der Waals surface area contributed by atoms with Gasteiger partial charge in [0.15, 0.2) is 23.9 Å². The summed E-state index contributed by atoms with van der Waals surface area (Å²) >= 11 is 19.6. The highest BCUT2D eigenvalue weighted by atomic mass is 79.9. The molecule has 0 saturated heterocycles. The summed E-state index contributed by atoms with van der Waals surface area (Å²) in [7, 11) is 0. The summed E-state index contributed by atoms with van der Waals surface area (Å²) < 4.78 is 20.2. The number of hydrogen-bond donors (Lipinski definition) is 1. The van der Waals surface area contributed by atoms with Gasteiger partial charge in [-0.1, -0.05) is 51.3 Å². The molecular weight excluding hydrogens is 763 g/mol. The Bertz CT molecular complexity index is 2200. The minimum atomic E-state index is -0.406. The van der Waals surface area contributed by atoms with Crippen LogP contribution in [0.2, 0.25) is 10.0 Å². The molecule has 6 rings (SSSR count). The van der Waals surface area contributed by atoms with Crippen molar-refractivity contribution in [2.45, 2.75) is 6.92 Å². The number of nitrogens with zero attached hydrogens (tertiary/aromatic N) is 3. The molecule has 0 spiro atoms. The number of nitrogens with one attached hydrogen (secondary N) is 1. The molecule has 0 bridgehead atoms. The van der Waals surface area contributed by atoms with Crippen molar-refractivity contribution in [1.82, 2.24) is 9.66 Å². The number of benzene rings is 4. The lowest BCUT2D eigenvalue weighted by molar-refractivity contribution is -0.118. The fourth-order valence-electron chi connectivity index (χ4n) is 4.60. The fraction of sp³-hybridized carbons (Fsp3) is 0.0909. The Morgan fingerprint density at radius 2 is 1.83 bits per heavy atom. The molecule has 0 unspecified atom stereocenters. The van der Waals surface area contributed by atoms with Gasteiger partial charge in [-0.3, -0.25) is 9.59 Å². The summed E-state index contributed by atoms with van der Waals surface area (Å²) in [4.78, 5) is 31.0. The molecule has 0 aliphatic heterocycles. The van der Waals surface area contributed by atoms with E-state index in [0.717, 1.165) is 9.86 Å². The van der Waals surface area contributed by atoms with Crippen molar-refractivity contribution in [1.29, 1.82) is 0 Å². The zero-order chi connectivity index (χ0) is 32.4. The average molecular weight is 785 g/mol. The number of aromatic nitrogens is 2. The van der Waals surface area contributed by atoms with Gasteiger partial charge < -0.3 is 19.2 Å². The number of anilines is 1. The summed E-state index contributed by atoms with van der Waals surface area (Å²) in [5, 5.41) is 9.19. The van der Waals surface area contributed by atoms with Gasteiger partial charge >= 0.3 is 0 Å². The van der Waals surface area contributed by atoms with E-state index in [2.05, 4.69) is 42.3 Å². The molecular formula is C33H22Br2Cl2N4O5. The maximum Gasteiger partial charge on any atom is 0.282 e. The second-order valence-corrected chi connectivity index (χ2v) is 12.3. The first-order chi connectivity index (χ1) is 22.2. The third kappa shape index (κ3) is 6.68. The van der Waals surface area contributed by atoms with Gasteiger partial charge in [0.25, 0.3) is 11.5 Å². The fourth-order valence-corrected chi connectivity index (χ4v) is 5.76. The van der Waals surface area contributed by atoms with E-state index in [1.165, 1.54) is 10.9 Å². The number of rotatable bonds is 9. The van der Waals surface area contributed by atoms with Crippen LogP contribution in [0.3, 0.4) is 0 Å². The smallest absolute Gasteiger partial charge is 0.282 e. The molecule has 2 heterocycles. The monoisotopic (exact) mass is 782 g/mol. The van der Waals surface area contributed by atoms with Crippen LogP contribution in [0.5, 0.6) is 11.5 Å². The van der Waals surface area contributed by atoms with Crippen molar-refractivity contribution in [3.05, 3.63) is 114 Å². The number of carbonyl (C=O) groups is 1. The van der Waals surface area contributed by atoms with E-state index in [1.54, 1.807) is 67.6 Å². The van der Waals surface area contributed by atoms with Crippen molar-refractivity contribution in [2.24, 2.45) is 5.10 Å². The first-order valence-corrected chi connectivity index (χ1v) is 16.1. The van der Waals surface area contributed by atoms with E-state index < -0.39 is 11.5 Å². The number of para-hydroxylation sites is 1. The molecule has 6 aromatic rings. The molecule has 0 saturated carbocycles. The molecule has 2 aromatic heterocycles. The predicted molar refractivity (Wildman–Crippen MR) is 188 cm³/mol. The van der Waals surface area contributed by atoms with Gasteiger partial charge in [-0.15, -0.1) is 0 Å². The molecule has 0 fully saturated rings. The summed E-state index contributed by atoms with van der Waals surface area (Å²) in [5.41, 5.74) is 1.78. The largest absolute Gasteiger partial charge is 0.490 e. The van der Waals surface area contributed by atoms with Crippen LogP contribution < -0.4 is 20.3 Å². The summed E-state index contributed by atoms with van der Waals surface area (Å²) in [6, 6.07) is 22.8. The third-order valence-electron chi connectivity index (χ3n) is 6.70. The number of ether oxygens (including phenoxy) is 2. The van der Waals surface area contributed by atoms with Crippen LogP contribution >= 0.6 is 55.1 Å². The molecule has 46 heavy (non-hydrogen) atoms. The quantitative estimate of drug-likeness (QED) is 0.147. The van der Waals surface area contributed by atoms with Crippen LogP contribution in [0, 0.1) is 0 Å². The van der Waals surface area contributed by atoms with Gasteiger partial charge in [0, 0.05) is 30.6 Å². The summed E-state index contributed by atoms with van der Waals surface area (Å²) in [5.74, 6) is 0.615. The van der Waals surface area contributed by atoms with Gasteiger partial charge in [0.2, 0.25) is 5.82 Å². The maximum absolute atomic E-state index is 13.7. The van der Waals surface area contributed by atoms with E-state index in [9.17, 15) is 9.59 Å². The van der Waals surface area contributed by atoms with Gasteiger partial charge in [-0.05, 0) is 89.6 Å². The number of halogens is 4. The summed E-state index contributed by atoms with van der Waals surface area (Å²) in [6.45, 7) is 1.76. The topological polar surface area (TPSA) is 108 Å². The van der Waals surface area contributed by atoms with Crippen LogP contribution in [0.15, 0.2) is 102 Å². The SMILES string of the molecule is CCOc1cc(C=Nn2c(-c3cc4cc(Br)ccc4o3)nc3ccccc3c2=O)c(Br)c(Cl)c1OCC(=O)Nc1ccc(Cl)cc1. The van der Waals surface area contributed by atoms with Crippen LogP contribution in [0.1, 0.15) is 12.5 Å². The Morgan fingerprint density at radius 1 is 1.04 bits per heavy atom. The van der Waals surface area contributed by atoms with Gasteiger partial charge in [0.1, 0.15) is 10.6 Å². The standard InChI is InChI=1S/C33H22Br2Cl2N4O5/c1-2-44-26-15-19(29(35)30(37)31(26)45-17-28(42)39-22-10-8-21(36)9-11-22)16-38-41-32(40-24-6-4-3-5-23(24)33(41)43)27-14-18-13-20(34)7-12-25(18)46-27/h3-16H,2,17H2,1H3,(H,39,42). The Kier molecular flexibility index (Phi) is 9.46. The number of amides is 1. The maximum atomic E-state index is 13.7. The molecule has 232 valence electrons. The summed E-state index contributed by atoms with van der Waals surface area (Å²) in [6.07, 6.45) is 1.45. The molecule has 0 radical (unpaired) electrons. The van der Waals surface area contributed by atoms with Crippen LogP contribution in [0.4, 0.5) is 5.69 Å². The van der Waals surface area contributed by atoms with Crippen molar-refractivity contribution in [3.8, 4) is 23.1 Å². The van der Waals surface area contributed by atoms with Gasteiger partial charge in [-0.2, -0.15) is 9.78 Å². The Morgan fingerprint density at radius 3 is 2.61 bits per heavy atom. The molecule has 0 aliphatic rings. The number of fused-ring (bicyclic) bond motifs is 2. The van der Waals surface area contributed by atoms with Crippen LogP contribution in [-0.4, -0.2) is 35.0 Å². The molecule has 13 heteroatoms. The molecule has 0 atom stereocenters. The van der Waals surface area contributed by atoms with E-state index >= 15 is 0 Å². The third-order valence-corrected chi connectivity index (χ3v) is 8.88. The minimum Gasteiger partial charge on any atom is -0.490 e. The van der Waals surface area contributed by atoms with Gasteiger partial charge in [-0.25, -0.2) is 4.98 Å². The van der Waals surface area contributed by atoms with Crippen LogP contribution in [0.25, 0.3) is 33.5 Å². The molecule has 1 amide bonds. The minimum absolute atomic E-state index is 0.152. The van der Waals surface area contributed by atoms with Gasteiger partial charge in [0.05, 0.1) is 23.7 Å².